The van der Waals surface area contributed by atoms with Crippen molar-refractivity contribution >= 4 is 12.1 Å². The summed E-state index contributed by atoms with van der Waals surface area (Å²) in [4.78, 5) is 12.6. The molecular weight excluding hydrogens is 384 g/mol. The second kappa shape index (κ2) is 8.52. The van der Waals surface area contributed by atoms with Gasteiger partial charge in [0.1, 0.15) is 23.9 Å². The van der Waals surface area contributed by atoms with Gasteiger partial charge in [0.2, 0.25) is 0 Å². The van der Waals surface area contributed by atoms with E-state index in [4.69, 9.17) is 9.84 Å². The molecule has 0 saturated heterocycles. The van der Waals surface area contributed by atoms with Gasteiger partial charge in [-0.3, -0.25) is 4.99 Å². The lowest BCUT2D eigenvalue weighted by Gasteiger charge is -2.13. The number of alkyl halides is 2. The quantitative estimate of drug-likeness (QED) is 0.586. The van der Waals surface area contributed by atoms with E-state index in [1.54, 1.807) is 25.4 Å². The molecule has 0 radical (unpaired) electrons. The fourth-order valence-electron chi connectivity index (χ4n) is 2.81. The number of halogens is 2. The van der Waals surface area contributed by atoms with Gasteiger partial charge >= 0.3 is 6.29 Å². The molecule has 1 aromatic heterocycles. The summed E-state index contributed by atoms with van der Waals surface area (Å²) >= 11 is 0. The summed E-state index contributed by atoms with van der Waals surface area (Å²) in [5.41, 5.74) is 1.83. The summed E-state index contributed by atoms with van der Waals surface area (Å²) in [5.74, 6) is 0.769. The number of nitrogens with zero attached hydrogens (tertiary/aromatic N) is 3. The first-order valence-electron chi connectivity index (χ1n) is 8.91. The standard InChI is InChI=1S/C20H21F2N3O4/c1-12(8-9-24-18(11-26)23-2)14-5-7-16(27-3)19(25-14)13-4-6-15-17(10-13)29-20(21,22)28-15/h4-7,9-10,12,26H,8,11H2,1-3H3. The number of benzene rings is 1. The zero-order valence-electron chi connectivity index (χ0n) is 16.2. The van der Waals surface area contributed by atoms with Crippen LogP contribution >= 0.6 is 0 Å². The third kappa shape index (κ3) is 4.68. The van der Waals surface area contributed by atoms with Crippen LogP contribution in [0.1, 0.15) is 25.0 Å². The van der Waals surface area contributed by atoms with Crippen LogP contribution in [0.2, 0.25) is 0 Å². The van der Waals surface area contributed by atoms with E-state index in [2.05, 4.69) is 24.4 Å². The van der Waals surface area contributed by atoms with Gasteiger partial charge < -0.3 is 19.3 Å². The molecule has 0 spiro atoms. The van der Waals surface area contributed by atoms with Crippen LogP contribution in [0, 0.1) is 0 Å². The number of pyridine rings is 1. The van der Waals surface area contributed by atoms with Gasteiger partial charge in [-0.2, -0.15) is 0 Å². The number of rotatable bonds is 6. The number of ether oxygens (including phenoxy) is 3. The first-order valence-corrected chi connectivity index (χ1v) is 8.91. The number of amidine groups is 1. The van der Waals surface area contributed by atoms with Crippen molar-refractivity contribution in [2.24, 2.45) is 9.98 Å². The Labute approximate surface area is 166 Å². The Morgan fingerprint density at radius 3 is 2.72 bits per heavy atom. The zero-order chi connectivity index (χ0) is 21.0. The average Bonchev–Trinajstić information content (AvgIpc) is 3.03. The number of aliphatic hydroxyl groups excluding tert-OH is 1. The van der Waals surface area contributed by atoms with Crippen LogP contribution in [-0.4, -0.2) is 49.2 Å². The maximum Gasteiger partial charge on any atom is 0.586 e. The Kier molecular flexibility index (Phi) is 6.07. The van der Waals surface area contributed by atoms with Gasteiger partial charge in [0, 0.05) is 30.4 Å². The molecule has 2 heterocycles. The normalized spacial score (nSPS) is 16.3. The molecule has 0 bridgehead atoms. The van der Waals surface area contributed by atoms with Crippen LogP contribution < -0.4 is 14.2 Å². The minimum Gasteiger partial charge on any atom is -0.494 e. The Balaban J connectivity index is 1.87. The van der Waals surface area contributed by atoms with Crippen molar-refractivity contribution in [1.29, 1.82) is 0 Å². The third-order valence-corrected chi connectivity index (χ3v) is 4.38. The van der Waals surface area contributed by atoms with Crippen molar-refractivity contribution in [2.45, 2.75) is 25.6 Å². The van der Waals surface area contributed by atoms with E-state index < -0.39 is 6.29 Å². The molecule has 3 rings (SSSR count). The highest BCUT2D eigenvalue weighted by atomic mass is 19.3. The smallest absolute Gasteiger partial charge is 0.494 e. The molecule has 2 aromatic rings. The number of aliphatic hydroxyl groups is 1. The Morgan fingerprint density at radius 2 is 2.03 bits per heavy atom. The van der Waals surface area contributed by atoms with Crippen molar-refractivity contribution < 1.29 is 28.1 Å². The van der Waals surface area contributed by atoms with E-state index in [0.717, 1.165) is 5.69 Å². The minimum absolute atomic E-state index is 0.0125. The van der Waals surface area contributed by atoms with E-state index >= 15 is 0 Å². The molecule has 29 heavy (non-hydrogen) atoms. The number of aromatic nitrogens is 1. The van der Waals surface area contributed by atoms with Gasteiger partial charge in [0.15, 0.2) is 11.5 Å². The molecule has 0 aliphatic carbocycles. The van der Waals surface area contributed by atoms with Gasteiger partial charge in [-0.05, 0) is 36.8 Å². The Hall–Kier alpha value is -3.07. The van der Waals surface area contributed by atoms with E-state index in [0.29, 0.717) is 29.3 Å². The Bertz CT molecular complexity index is 947. The third-order valence-electron chi connectivity index (χ3n) is 4.38. The van der Waals surface area contributed by atoms with Crippen molar-refractivity contribution in [3.63, 3.8) is 0 Å². The van der Waals surface area contributed by atoms with Crippen LogP contribution in [0.5, 0.6) is 17.2 Å². The van der Waals surface area contributed by atoms with Gasteiger partial charge in [0.25, 0.3) is 0 Å². The molecule has 0 saturated carbocycles. The number of hydrogen-bond donors (Lipinski definition) is 1. The lowest BCUT2D eigenvalue weighted by atomic mass is 10.0. The SMILES string of the molecule is CN=C(CO)N=CCC(C)c1ccc(OC)c(-c2ccc3c(c2)OC(F)(F)O3)n1. The molecule has 0 amide bonds. The van der Waals surface area contributed by atoms with Gasteiger partial charge in [-0.15, -0.1) is 8.78 Å². The summed E-state index contributed by atoms with van der Waals surface area (Å²) in [7, 11) is 3.07. The zero-order valence-corrected chi connectivity index (χ0v) is 16.2. The van der Waals surface area contributed by atoms with Crippen molar-refractivity contribution in [2.75, 3.05) is 20.8 Å². The molecular formula is C20H21F2N3O4. The van der Waals surface area contributed by atoms with E-state index in [-0.39, 0.29) is 24.0 Å². The monoisotopic (exact) mass is 405 g/mol. The lowest BCUT2D eigenvalue weighted by molar-refractivity contribution is -0.286. The molecule has 7 nitrogen and oxygen atoms in total. The lowest BCUT2D eigenvalue weighted by Crippen LogP contribution is -2.25. The fourth-order valence-corrected chi connectivity index (χ4v) is 2.81. The van der Waals surface area contributed by atoms with Crippen LogP contribution in [0.25, 0.3) is 11.3 Å². The van der Waals surface area contributed by atoms with Crippen molar-refractivity contribution in [3.05, 3.63) is 36.0 Å². The minimum atomic E-state index is -3.68. The second-order valence-corrected chi connectivity index (χ2v) is 6.36. The molecule has 9 heteroatoms. The highest BCUT2D eigenvalue weighted by Crippen LogP contribution is 2.43. The largest absolute Gasteiger partial charge is 0.586 e. The van der Waals surface area contributed by atoms with Gasteiger partial charge in [0.05, 0.1) is 7.11 Å². The van der Waals surface area contributed by atoms with E-state index in [1.807, 2.05) is 13.0 Å². The number of hydrogen-bond acceptors (Lipinski definition) is 6. The molecule has 0 fully saturated rings. The molecule has 154 valence electrons. The van der Waals surface area contributed by atoms with Crippen molar-refractivity contribution in [1.82, 2.24) is 4.98 Å². The van der Waals surface area contributed by atoms with Crippen LogP contribution in [0.15, 0.2) is 40.3 Å². The summed E-state index contributed by atoms with van der Waals surface area (Å²) in [6.45, 7) is 1.75. The predicted octanol–water partition coefficient (Wildman–Crippen LogP) is 3.66. The highest BCUT2D eigenvalue weighted by molar-refractivity contribution is 5.90. The number of fused-ring (bicyclic) bond motifs is 1. The highest BCUT2D eigenvalue weighted by Gasteiger charge is 2.43. The maximum absolute atomic E-state index is 13.3. The number of methoxy groups -OCH3 is 1. The predicted molar refractivity (Wildman–Crippen MR) is 104 cm³/mol. The Morgan fingerprint density at radius 1 is 1.28 bits per heavy atom. The fraction of sp³-hybridized carbons (Fsp3) is 0.350. The summed E-state index contributed by atoms with van der Waals surface area (Å²) in [5, 5.41) is 9.09. The van der Waals surface area contributed by atoms with Crippen molar-refractivity contribution in [3.8, 4) is 28.5 Å². The number of aliphatic imine (C=N–C) groups is 2. The summed E-state index contributed by atoms with van der Waals surface area (Å²) in [6, 6.07) is 8.09. The second-order valence-electron chi connectivity index (χ2n) is 6.36. The first-order chi connectivity index (χ1) is 13.9. The van der Waals surface area contributed by atoms with Crippen LogP contribution in [0.4, 0.5) is 8.78 Å². The first kappa shape index (κ1) is 20.7. The molecule has 1 aromatic carbocycles. The van der Waals surface area contributed by atoms with Gasteiger partial charge in [-0.1, -0.05) is 6.92 Å². The average molecular weight is 405 g/mol. The molecule has 1 N–H and O–H groups in total. The van der Waals surface area contributed by atoms with Crippen LogP contribution in [0.3, 0.4) is 0 Å². The van der Waals surface area contributed by atoms with E-state index in [1.165, 1.54) is 19.2 Å². The topological polar surface area (TPSA) is 85.5 Å². The van der Waals surface area contributed by atoms with E-state index in [9.17, 15) is 8.78 Å². The van der Waals surface area contributed by atoms with Crippen LogP contribution in [-0.2, 0) is 0 Å². The summed E-state index contributed by atoms with van der Waals surface area (Å²) in [6.07, 6.45) is -1.42. The molecule has 1 unspecified atom stereocenters. The molecule has 1 aliphatic rings. The molecule has 1 atom stereocenters. The summed E-state index contributed by atoms with van der Waals surface area (Å²) < 4.78 is 40.9. The maximum atomic E-state index is 13.3. The molecule has 1 aliphatic heterocycles. The van der Waals surface area contributed by atoms with Gasteiger partial charge in [-0.25, -0.2) is 9.98 Å².